The second-order valence-electron chi connectivity index (χ2n) is 13.4. The number of anilines is 1. The molecule has 1 saturated carbocycles. The number of likely N-dealkylation sites (N-methyl/N-ethyl adjacent to an activating group) is 1. The summed E-state index contributed by atoms with van der Waals surface area (Å²) in [5, 5.41) is 0.628. The Morgan fingerprint density at radius 3 is 2.62 bits per heavy atom. The van der Waals surface area contributed by atoms with Crippen molar-refractivity contribution in [2.45, 2.75) is 63.2 Å². The van der Waals surface area contributed by atoms with E-state index >= 15 is 0 Å². The highest BCUT2D eigenvalue weighted by molar-refractivity contribution is 7.90. The number of sulfonamides is 1. The molecule has 0 radical (unpaired) electrons. The highest BCUT2D eigenvalue weighted by atomic mass is 35.5. The highest BCUT2D eigenvalue weighted by Gasteiger charge is 2.41. The summed E-state index contributed by atoms with van der Waals surface area (Å²) >= 11 is 6.30. The van der Waals surface area contributed by atoms with Crippen LogP contribution in [0.1, 0.15) is 44.2 Å². The molecule has 2 aromatic rings. The van der Waals surface area contributed by atoms with Crippen molar-refractivity contribution in [2.75, 3.05) is 45.0 Å². The monoisotopic (exact) mass is 701 g/mol. The normalized spacial score (nSPS) is 28.5. The first-order chi connectivity index (χ1) is 23.0. The van der Waals surface area contributed by atoms with Crippen molar-refractivity contribution in [2.24, 2.45) is 23.7 Å². The van der Waals surface area contributed by atoms with Gasteiger partial charge in [-0.15, -0.1) is 0 Å². The van der Waals surface area contributed by atoms with E-state index in [9.17, 15) is 18.0 Å². The van der Waals surface area contributed by atoms with Crippen LogP contribution in [-0.2, 0) is 42.1 Å². The van der Waals surface area contributed by atoms with E-state index in [1.807, 2.05) is 42.2 Å². The molecule has 5 atom stereocenters. The molecule has 2 aromatic carbocycles. The molecular formula is C35H44ClN3O8S. The lowest BCUT2D eigenvalue weighted by Crippen LogP contribution is -2.51. The van der Waals surface area contributed by atoms with Crippen molar-refractivity contribution in [3.05, 3.63) is 64.7 Å². The van der Waals surface area contributed by atoms with E-state index in [0.29, 0.717) is 55.7 Å². The predicted octanol–water partition coefficient (Wildman–Crippen LogP) is 5.15. The number of carbonyl (C=O) groups is 2. The third-order valence-electron chi connectivity index (χ3n) is 10.3. The van der Waals surface area contributed by atoms with Crippen LogP contribution < -0.4 is 14.4 Å². The van der Waals surface area contributed by atoms with Gasteiger partial charge in [-0.05, 0) is 85.1 Å². The summed E-state index contributed by atoms with van der Waals surface area (Å²) in [6, 6.07) is 10.3. The fourth-order valence-corrected chi connectivity index (χ4v) is 7.79. The van der Waals surface area contributed by atoms with Gasteiger partial charge in [-0.1, -0.05) is 37.6 Å². The van der Waals surface area contributed by atoms with E-state index in [2.05, 4.69) is 4.72 Å². The summed E-state index contributed by atoms with van der Waals surface area (Å²) in [6.07, 6.45) is 5.90. The summed E-state index contributed by atoms with van der Waals surface area (Å²) < 4.78 is 53.4. The Morgan fingerprint density at radius 1 is 1.08 bits per heavy atom. The summed E-state index contributed by atoms with van der Waals surface area (Å²) in [4.78, 5) is 30.0. The largest absolute Gasteiger partial charge is 0.487 e. The molecule has 0 aromatic heterocycles. The van der Waals surface area contributed by atoms with E-state index in [4.69, 9.17) is 30.5 Å². The SMILES string of the molecule is C[C@H]1C/C=C/[C@H](OC(=O)N(C)C2COC2)[C@@H]2CC[C@H]2CN2COCCc3cc(Cl)ccc3COc3ccc(cc32)S(=O)(=O)NC(=O)[C@@H]1C. The lowest BCUT2D eigenvalue weighted by atomic mass is 9.70. The van der Waals surface area contributed by atoms with Crippen LogP contribution in [0.2, 0.25) is 5.02 Å². The fraction of sp³-hybridized carbons (Fsp3) is 0.543. The molecule has 4 aliphatic rings. The smallest absolute Gasteiger partial charge is 0.410 e. The minimum Gasteiger partial charge on any atom is -0.487 e. The number of amides is 2. The molecule has 0 spiro atoms. The molecule has 48 heavy (non-hydrogen) atoms. The summed E-state index contributed by atoms with van der Waals surface area (Å²) in [5.41, 5.74) is 2.51. The number of ether oxygens (including phenoxy) is 4. The summed E-state index contributed by atoms with van der Waals surface area (Å²) in [6.45, 7) is 5.95. The number of nitrogens with zero attached hydrogens (tertiary/aromatic N) is 2. The lowest BCUT2D eigenvalue weighted by molar-refractivity contribution is -0.124. The standard InChI is InChI=1S/C35H44ClN3O8S/c1-22-5-4-6-32(47-35(41)38(3)28-19-45-20-28)30-11-8-25(30)17-39-21-44-14-13-24-15-27(36)9-7-26(24)18-46-33-12-10-29(16-31(33)39)48(42,43)37-34(40)23(22)2/h4,6-7,9-10,12,15-16,22-23,25,28,30,32H,5,8,11,13-14,17-21H2,1-3H3,(H,37,40)/b6-4+/t22-,23+,25-,30+,32-/m0/s1. The van der Waals surface area contributed by atoms with Crippen LogP contribution >= 0.6 is 11.6 Å². The quantitative estimate of drug-likeness (QED) is 0.424. The van der Waals surface area contributed by atoms with Gasteiger partial charge in [0.15, 0.2) is 0 Å². The summed E-state index contributed by atoms with van der Waals surface area (Å²) in [5.74, 6) is -0.719. The Kier molecular flexibility index (Phi) is 10.5. The number of benzene rings is 2. The third kappa shape index (κ3) is 7.61. The van der Waals surface area contributed by atoms with Gasteiger partial charge >= 0.3 is 6.09 Å². The number of carbonyl (C=O) groups excluding carboxylic acids is 2. The van der Waals surface area contributed by atoms with Crippen LogP contribution in [0.15, 0.2) is 53.4 Å². The first-order valence-corrected chi connectivity index (χ1v) is 18.5. The maximum Gasteiger partial charge on any atom is 0.410 e. The molecule has 13 heteroatoms. The average Bonchev–Trinajstić information content (AvgIpc) is 3.04. The van der Waals surface area contributed by atoms with Gasteiger partial charge in [0.05, 0.1) is 36.4 Å². The molecule has 3 aliphatic heterocycles. The molecule has 1 N–H and O–H groups in total. The van der Waals surface area contributed by atoms with Crippen LogP contribution in [0.5, 0.6) is 5.75 Å². The van der Waals surface area contributed by atoms with E-state index in [1.165, 1.54) is 6.07 Å². The Morgan fingerprint density at radius 2 is 1.90 bits per heavy atom. The number of fused-ring (bicyclic) bond motifs is 3. The molecule has 0 unspecified atom stereocenters. The van der Waals surface area contributed by atoms with Gasteiger partial charge in [-0.3, -0.25) is 4.79 Å². The van der Waals surface area contributed by atoms with Crippen LogP contribution in [0.25, 0.3) is 0 Å². The third-order valence-corrected chi connectivity index (χ3v) is 11.9. The maximum absolute atomic E-state index is 13.6. The van der Waals surface area contributed by atoms with E-state index < -0.39 is 34.0 Å². The van der Waals surface area contributed by atoms with Crippen molar-refractivity contribution in [1.82, 2.24) is 9.62 Å². The topological polar surface area (TPSA) is 124 Å². The average molecular weight is 702 g/mol. The number of nitrogens with one attached hydrogen (secondary N) is 1. The number of hydrogen-bond donors (Lipinski definition) is 1. The van der Waals surface area contributed by atoms with E-state index in [-0.39, 0.29) is 42.0 Å². The van der Waals surface area contributed by atoms with Crippen molar-refractivity contribution in [1.29, 1.82) is 0 Å². The number of allylic oxidation sites excluding steroid dienone is 1. The van der Waals surface area contributed by atoms with Gasteiger partial charge in [0, 0.05) is 30.5 Å². The van der Waals surface area contributed by atoms with Gasteiger partial charge in [0.25, 0.3) is 10.0 Å². The second kappa shape index (κ2) is 14.7. The fourth-order valence-electron chi connectivity index (χ4n) is 6.51. The molecule has 3 heterocycles. The zero-order valence-corrected chi connectivity index (χ0v) is 29.2. The van der Waals surface area contributed by atoms with Gasteiger partial charge in [0.2, 0.25) is 5.91 Å². The van der Waals surface area contributed by atoms with Gasteiger partial charge < -0.3 is 28.7 Å². The van der Waals surface area contributed by atoms with E-state index in [1.54, 1.807) is 31.0 Å². The Balaban J connectivity index is 1.36. The minimum absolute atomic E-state index is 0.0105. The molecule has 2 fully saturated rings. The van der Waals surface area contributed by atoms with Gasteiger partial charge in [-0.2, -0.15) is 0 Å². The number of rotatable bonds is 2. The lowest BCUT2D eigenvalue weighted by Gasteiger charge is -2.44. The van der Waals surface area contributed by atoms with Gasteiger partial charge in [0.1, 0.15) is 25.2 Å². The molecule has 1 aliphatic carbocycles. The first kappa shape index (κ1) is 34.5. The van der Waals surface area contributed by atoms with Crippen LogP contribution in [0.3, 0.4) is 0 Å². The minimum atomic E-state index is -4.19. The molecule has 6 rings (SSSR count). The van der Waals surface area contributed by atoms with Crippen LogP contribution in [0, 0.1) is 23.7 Å². The molecule has 2 bridgehead atoms. The molecule has 1 saturated heterocycles. The molecule has 11 nitrogen and oxygen atoms in total. The van der Waals surface area contributed by atoms with Crippen molar-refractivity contribution in [3.63, 3.8) is 0 Å². The molecule has 2 amide bonds. The maximum atomic E-state index is 13.6. The Hall–Kier alpha value is -3.32. The number of hydrogen-bond acceptors (Lipinski definition) is 9. The second-order valence-corrected chi connectivity index (χ2v) is 15.5. The Labute approximate surface area is 287 Å². The first-order valence-electron chi connectivity index (χ1n) is 16.6. The van der Waals surface area contributed by atoms with Crippen molar-refractivity contribution < 1.29 is 37.0 Å². The molecule has 260 valence electrons. The summed E-state index contributed by atoms with van der Waals surface area (Å²) in [7, 11) is -2.45. The predicted molar refractivity (Wildman–Crippen MR) is 180 cm³/mol. The zero-order valence-electron chi connectivity index (χ0n) is 27.6. The molecular weight excluding hydrogens is 658 g/mol. The van der Waals surface area contributed by atoms with Crippen molar-refractivity contribution in [3.8, 4) is 5.75 Å². The van der Waals surface area contributed by atoms with Crippen molar-refractivity contribution >= 4 is 39.3 Å². The highest BCUT2D eigenvalue weighted by Crippen LogP contribution is 2.42. The van der Waals surface area contributed by atoms with Crippen LogP contribution in [-0.4, -0.2) is 77.6 Å². The number of halogens is 1. The zero-order chi connectivity index (χ0) is 34.0. The van der Waals surface area contributed by atoms with E-state index in [0.717, 1.165) is 24.0 Å². The van der Waals surface area contributed by atoms with Crippen LogP contribution in [0.4, 0.5) is 10.5 Å². The Bertz CT molecular complexity index is 1650. The van der Waals surface area contributed by atoms with Gasteiger partial charge in [-0.25, -0.2) is 17.9 Å².